The fraction of sp³-hybridized carbons (Fsp3) is 0.143. The molecule has 4 rings (SSSR count). The number of amides is 3. The predicted molar refractivity (Wildman–Crippen MR) is 103 cm³/mol. The van der Waals surface area contributed by atoms with Gasteiger partial charge >= 0.3 is 6.03 Å². The third kappa shape index (κ3) is 3.50. The van der Waals surface area contributed by atoms with Crippen LogP contribution in [-0.2, 0) is 11.3 Å². The molecule has 1 aliphatic rings. The average Bonchev–Trinajstić information content (AvgIpc) is 3.16. The van der Waals surface area contributed by atoms with Gasteiger partial charge in [-0.1, -0.05) is 11.8 Å². The summed E-state index contributed by atoms with van der Waals surface area (Å²) in [5.74, 6) is 0.304. The largest absolute Gasteiger partial charge is 0.497 e. The van der Waals surface area contributed by atoms with Crippen LogP contribution in [0.5, 0.6) is 11.6 Å². The number of carbonyl (C=O) groups excluding carboxylic acids is 2. The quantitative estimate of drug-likeness (QED) is 0.441. The fourth-order valence-electron chi connectivity index (χ4n) is 3.29. The molecule has 10 heteroatoms. The zero-order valence-corrected chi connectivity index (χ0v) is 15.9. The van der Waals surface area contributed by atoms with Crippen molar-refractivity contribution in [2.24, 2.45) is 0 Å². The van der Waals surface area contributed by atoms with E-state index in [-0.39, 0.29) is 12.4 Å². The van der Waals surface area contributed by atoms with E-state index in [2.05, 4.69) is 17.2 Å². The summed E-state index contributed by atoms with van der Waals surface area (Å²) in [6.07, 6.45) is 1.52. The molecule has 158 valence electrons. The number of methoxy groups -OCH3 is 1. The molecule has 1 atom stereocenters. The number of fused-ring (bicyclic) bond motifs is 1. The van der Waals surface area contributed by atoms with Gasteiger partial charge in [0.1, 0.15) is 23.2 Å². The molecule has 0 bridgehead atoms. The Balaban J connectivity index is 1.79. The van der Waals surface area contributed by atoms with Gasteiger partial charge in [-0.05, 0) is 18.2 Å². The summed E-state index contributed by atoms with van der Waals surface area (Å²) < 4.78 is 47.4. The summed E-state index contributed by atoms with van der Waals surface area (Å²) in [5.41, 5.74) is -2.71. The molecule has 31 heavy (non-hydrogen) atoms. The molecule has 2 heterocycles. The minimum Gasteiger partial charge on any atom is -0.497 e. The zero-order chi connectivity index (χ0) is 22.3. The second-order valence-corrected chi connectivity index (χ2v) is 6.84. The van der Waals surface area contributed by atoms with Crippen LogP contribution in [0.1, 0.15) is 5.56 Å². The lowest BCUT2D eigenvalue weighted by atomic mass is 9.99. The standard InChI is InChI=1S/C21H14F3N3O4/c1-31-13-3-2-11-9-27(18(28)15(11)8-13)10-21(19(29)25-20(30)26-21)5-4-14-16(23)6-12(22)7-17(14)24/h2-3,6-9,28H,10H2,1H3,(H2,25,26,29,30)/t21-/m1/s1. The van der Waals surface area contributed by atoms with Crippen LogP contribution >= 0.6 is 0 Å². The van der Waals surface area contributed by atoms with Gasteiger partial charge in [-0.25, -0.2) is 18.0 Å². The van der Waals surface area contributed by atoms with Gasteiger partial charge in [0.05, 0.1) is 19.2 Å². The van der Waals surface area contributed by atoms with Crippen LogP contribution in [0.15, 0.2) is 36.5 Å². The molecule has 1 saturated heterocycles. The Morgan fingerprint density at radius 3 is 2.48 bits per heavy atom. The van der Waals surface area contributed by atoms with Crippen LogP contribution in [0, 0.1) is 29.3 Å². The molecular formula is C21H14F3N3O4. The number of urea groups is 1. The lowest BCUT2D eigenvalue weighted by Crippen LogP contribution is -2.49. The second-order valence-electron chi connectivity index (χ2n) is 6.84. The number of aromatic nitrogens is 1. The van der Waals surface area contributed by atoms with Crippen molar-refractivity contribution in [2.75, 3.05) is 7.11 Å². The number of nitrogens with one attached hydrogen (secondary N) is 2. The summed E-state index contributed by atoms with van der Waals surface area (Å²) in [7, 11) is 1.46. The first-order chi connectivity index (χ1) is 14.7. The summed E-state index contributed by atoms with van der Waals surface area (Å²) in [5, 5.41) is 16.0. The summed E-state index contributed by atoms with van der Waals surface area (Å²) in [6.45, 7) is -0.370. The number of benzene rings is 2. The Kier molecular flexibility index (Phi) is 4.74. The first-order valence-electron chi connectivity index (χ1n) is 8.89. The van der Waals surface area contributed by atoms with Crippen LogP contribution in [-0.4, -0.2) is 34.3 Å². The number of imide groups is 1. The molecule has 0 aliphatic carbocycles. The average molecular weight is 429 g/mol. The van der Waals surface area contributed by atoms with E-state index in [9.17, 15) is 27.9 Å². The molecule has 0 radical (unpaired) electrons. The van der Waals surface area contributed by atoms with Gasteiger partial charge < -0.3 is 19.7 Å². The van der Waals surface area contributed by atoms with Gasteiger partial charge in [-0.15, -0.1) is 0 Å². The molecule has 3 amide bonds. The highest BCUT2D eigenvalue weighted by atomic mass is 19.1. The zero-order valence-electron chi connectivity index (χ0n) is 15.9. The number of nitrogens with zero attached hydrogens (tertiary/aromatic N) is 1. The Bertz CT molecular complexity index is 1290. The normalized spacial score (nSPS) is 17.8. The molecular weight excluding hydrogens is 415 g/mol. The summed E-state index contributed by atoms with van der Waals surface area (Å²) in [6, 6.07) is 4.97. The molecule has 1 fully saturated rings. The second kappa shape index (κ2) is 7.28. The third-order valence-electron chi connectivity index (χ3n) is 4.83. The van der Waals surface area contributed by atoms with Crippen molar-refractivity contribution in [3.05, 3.63) is 59.5 Å². The number of hydrogen-bond donors (Lipinski definition) is 3. The maximum absolute atomic E-state index is 14.0. The van der Waals surface area contributed by atoms with Crippen molar-refractivity contribution in [2.45, 2.75) is 12.1 Å². The van der Waals surface area contributed by atoms with E-state index >= 15 is 0 Å². The monoisotopic (exact) mass is 429 g/mol. The van der Waals surface area contributed by atoms with Crippen molar-refractivity contribution in [1.29, 1.82) is 0 Å². The maximum Gasteiger partial charge on any atom is 0.323 e. The van der Waals surface area contributed by atoms with Gasteiger partial charge in [-0.3, -0.25) is 10.1 Å². The lowest BCUT2D eigenvalue weighted by Gasteiger charge is -2.20. The van der Waals surface area contributed by atoms with E-state index in [4.69, 9.17) is 4.74 Å². The Labute approximate surface area is 173 Å². The first kappa shape index (κ1) is 20.2. The highest BCUT2D eigenvalue weighted by molar-refractivity contribution is 6.09. The molecule has 0 saturated carbocycles. The number of rotatable bonds is 3. The minimum absolute atomic E-state index is 0.233. The first-order valence-corrected chi connectivity index (χ1v) is 8.89. The van der Waals surface area contributed by atoms with Crippen LogP contribution in [0.25, 0.3) is 10.8 Å². The van der Waals surface area contributed by atoms with Crippen LogP contribution in [0.3, 0.4) is 0 Å². The molecule has 0 spiro atoms. The van der Waals surface area contributed by atoms with Gasteiger partial charge in [0.15, 0.2) is 5.88 Å². The van der Waals surface area contributed by atoms with Crippen molar-refractivity contribution < 1.29 is 32.6 Å². The van der Waals surface area contributed by atoms with E-state index in [1.165, 1.54) is 17.9 Å². The van der Waals surface area contributed by atoms with Crippen molar-refractivity contribution in [3.8, 4) is 23.5 Å². The minimum atomic E-state index is -1.94. The molecule has 1 aromatic heterocycles. The van der Waals surface area contributed by atoms with E-state index in [0.29, 0.717) is 28.7 Å². The topological polar surface area (TPSA) is 92.6 Å². The van der Waals surface area contributed by atoms with E-state index in [0.717, 1.165) is 0 Å². The molecule has 0 unspecified atom stereocenters. The molecule has 7 nitrogen and oxygen atoms in total. The van der Waals surface area contributed by atoms with E-state index in [1.807, 2.05) is 5.32 Å². The smallest absolute Gasteiger partial charge is 0.323 e. The maximum atomic E-state index is 14.0. The highest BCUT2D eigenvalue weighted by Gasteiger charge is 2.46. The molecule has 3 N–H and O–H groups in total. The van der Waals surface area contributed by atoms with E-state index < -0.39 is 40.5 Å². The SMILES string of the molecule is COc1ccc2cn(C[C@@]3(C#Cc4c(F)cc(F)cc4F)NC(=O)NC3=O)c(O)c2c1. The van der Waals surface area contributed by atoms with Gasteiger partial charge in [0, 0.05) is 29.1 Å². The molecule has 1 aliphatic heterocycles. The highest BCUT2D eigenvalue weighted by Crippen LogP contribution is 2.32. The molecule has 2 aromatic carbocycles. The van der Waals surface area contributed by atoms with Gasteiger partial charge in [-0.2, -0.15) is 0 Å². The lowest BCUT2D eigenvalue weighted by molar-refractivity contribution is -0.122. The van der Waals surface area contributed by atoms with Crippen LogP contribution in [0.4, 0.5) is 18.0 Å². The van der Waals surface area contributed by atoms with Crippen molar-refractivity contribution >= 4 is 22.7 Å². The number of halogens is 3. The number of carbonyl (C=O) groups is 2. The van der Waals surface area contributed by atoms with Crippen LogP contribution in [0.2, 0.25) is 0 Å². The number of aromatic hydroxyl groups is 1. The number of hydrogen-bond acceptors (Lipinski definition) is 4. The predicted octanol–water partition coefficient (Wildman–Crippen LogP) is 2.40. The van der Waals surface area contributed by atoms with Crippen molar-refractivity contribution in [1.82, 2.24) is 15.2 Å². The van der Waals surface area contributed by atoms with E-state index in [1.54, 1.807) is 18.2 Å². The third-order valence-corrected chi connectivity index (χ3v) is 4.83. The Hall–Kier alpha value is -4.13. The fourth-order valence-corrected chi connectivity index (χ4v) is 3.29. The molecule has 3 aromatic rings. The van der Waals surface area contributed by atoms with Crippen molar-refractivity contribution in [3.63, 3.8) is 0 Å². The summed E-state index contributed by atoms with van der Waals surface area (Å²) >= 11 is 0. The summed E-state index contributed by atoms with van der Waals surface area (Å²) in [4.78, 5) is 24.3. The van der Waals surface area contributed by atoms with Crippen LogP contribution < -0.4 is 15.4 Å². The Morgan fingerprint density at radius 2 is 1.87 bits per heavy atom. The van der Waals surface area contributed by atoms with Gasteiger partial charge in [0.2, 0.25) is 5.54 Å². The number of ether oxygens (including phenoxy) is 1. The van der Waals surface area contributed by atoms with Gasteiger partial charge in [0.25, 0.3) is 5.91 Å². The Morgan fingerprint density at radius 1 is 1.16 bits per heavy atom.